The Labute approximate surface area is 112 Å². The number of carboxylic acid groups (broad SMARTS) is 1. The topological polar surface area (TPSA) is 40.5 Å². The highest BCUT2D eigenvalue weighted by atomic mass is 19.1. The third-order valence-corrected chi connectivity index (χ3v) is 3.62. The lowest BCUT2D eigenvalue weighted by Crippen LogP contribution is -2.40. The quantitative estimate of drug-likeness (QED) is 0.830. The first-order valence-corrected chi connectivity index (χ1v) is 6.30. The summed E-state index contributed by atoms with van der Waals surface area (Å²) in [5.74, 6) is 2.65. The molecule has 1 aliphatic rings. The normalized spacial score (nSPS) is 22.8. The molecule has 1 fully saturated rings. The van der Waals surface area contributed by atoms with Gasteiger partial charge in [-0.3, -0.25) is 0 Å². The Balaban J connectivity index is 2.22. The number of amides is 1. The van der Waals surface area contributed by atoms with E-state index in [1.807, 2.05) is 0 Å². The molecule has 1 heterocycles. The largest absolute Gasteiger partial charge is 0.465 e. The fraction of sp³-hybridized carbons (Fsp3) is 0.400. The van der Waals surface area contributed by atoms with Crippen LogP contribution in [-0.4, -0.2) is 22.6 Å². The number of hydrogen-bond acceptors (Lipinski definition) is 1. The molecule has 2 rings (SSSR count). The van der Waals surface area contributed by atoms with Crippen LogP contribution in [0, 0.1) is 24.1 Å². The molecule has 1 saturated heterocycles. The number of carbonyl (C=O) groups is 1. The van der Waals surface area contributed by atoms with E-state index < -0.39 is 6.09 Å². The third kappa shape index (κ3) is 3.05. The van der Waals surface area contributed by atoms with Gasteiger partial charge in [0, 0.05) is 13.0 Å². The molecule has 0 aromatic heterocycles. The predicted octanol–water partition coefficient (Wildman–Crippen LogP) is 3.28. The Bertz CT molecular complexity index is 492. The molecule has 1 amide bonds. The van der Waals surface area contributed by atoms with Crippen molar-refractivity contribution in [1.29, 1.82) is 0 Å². The van der Waals surface area contributed by atoms with Crippen LogP contribution >= 0.6 is 0 Å². The van der Waals surface area contributed by atoms with Crippen molar-refractivity contribution in [3.05, 3.63) is 35.6 Å². The highest BCUT2D eigenvalue weighted by Gasteiger charge is 2.32. The van der Waals surface area contributed by atoms with Crippen molar-refractivity contribution in [1.82, 2.24) is 4.90 Å². The van der Waals surface area contributed by atoms with Gasteiger partial charge in [0.05, 0.1) is 6.04 Å². The number of rotatable bonds is 2. The summed E-state index contributed by atoms with van der Waals surface area (Å²) in [5, 5.41) is 9.25. The van der Waals surface area contributed by atoms with Crippen molar-refractivity contribution >= 4 is 6.09 Å². The Morgan fingerprint density at radius 2 is 2.16 bits per heavy atom. The van der Waals surface area contributed by atoms with Crippen LogP contribution in [0.1, 0.15) is 30.9 Å². The van der Waals surface area contributed by atoms with E-state index in [4.69, 9.17) is 6.42 Å². The molecule has 4 heteroatoms. The summed E-state index contributed by atoms with van der Waals surface area (Å²) in [7, 11) is 0. The van der Waals surface area contributed by atoms with Gasteiger partial charge in [0.2, 0.25) is 0 Å². The van der Waals surface area contributed by atoms with Crippen molar-refractivity contribution in [2.45, 2.75) is 25.3 Å². The molecular weight excluding hydrogens is 245 g/mol. The number of likely N-dealkylation sites (tertiary alicyclic amines) is 1. The lowest BCUT2D eigenvalue weighted by molar-refractivity contribution is 0.0903. The molecule has 1 aromatic carbocycles. The number of benzene rings is 1. The van der Waals surface area contributed by atoms with Crippen molar-refractivity contribution in [3.8, 4) is 12.3 Å². The van der Waals surface area contributed by atoms with Gasteiger partial charge in [0.25, 0.3) is 0 Å². The van der Waals surface area contributed by atoms with E-state index in [1.54, 1.807) is 12.1 Å². The summed E-state index contributed by atoms with van der Waals surface area (Å²) in [6.07, 6.45) is 6.53. The van der Waals surface area contributed by atoms with Crippen molar-refractivity contribution in [2.24, 2.45) is 5.92 Å². The standard InChI is InChI=1S/C15H16FNO2/c1-2-3-11-8-9-17(15(18)19)14(10-11)12-4-6-13(16)7-5-12/h1,4-7,11,14H,3,8-10H2,(H,18,19). The average molecular weight is 261 g/mol. The molecule has 0 aliphatic carbocycles. The Hall–Kier alpha value is -2.02. The maximum absolute atomic E-state index is 13.0. The van der Waals surface area contributed by atoms with Crippen LogP contribution in [0.15, 0.2) is 24.3 Å². The minimum atomic E-state index is -0.937. The average Bonchev–Trinajstić information content (AvgIpc) is 2.39. The zero-order chi connectivity index (χ0) is 13.8. The van der Waals surface area contributed by atoms with Crippen molar-refractivity contribution in [3.63, 3.8) is 0 Å². The van der Waals surface area contributed by atoms with Crippen LogP contribution in [-0.2, 0) is 0 Å². The second kappa shape index (κ2) is 5.75. The summed E-state index contributed by atoms with van der Waals surface area (Å²) < 4.78 is 13.0. The fourth-order valence-corrected chi connectivity index (χ4v) is 2.62. The summed E-state index contributed by atoms with van der Waals surface area (Å²) in [5.41, 5.74) is 0.825. The Morgan fingerprint density at radius 3 is 2.74 bits per heavy atom. The van der Waals surface area contributed by atoms with Gasteiger partial charge >= 0.3 is 6.09 Å². The van der Waals surface area contributed by atoms with Crippen LogP contribution in [0.2, 0.25) is 0 Å². The molecule has 0 spiro atoms. The van der Waals surface area contributed by atoms with Crippen LogP contribution in [0.25, 0.3) is 0 Å². The summed E-state index contributed by atoms with van der Waals surface area (Å²) >= 11 is 0. The number of terminal acetylenes is 1. The van der Waals surface area contributed by atoms with Gasteiger partial charge in [0.15, 0.2) is 0 Å². The van der Waals surface area contributed by atoms with E-state index in [1.165, 1.54) is 17.0 Å². The Kier molecular flexibility index (Phi) is 4.06. The number of piperidine rings is 1. The fourth-order valence-electron chi connectivity index (χ4n) is 2.62. The third-order valence-electron chi connectivity index (χ3n) is 3.62. The highest BCUT2D eigenvalue weighted by molar-refractivity contribution is 5.66. The van der Waals surface area contributed by atoms with Gasteiger partial charge in [-0.05, 0) is 36.5 Å². The molecule has 2 unspecified atom stereocenters. The summed E-state index contributed by atoms with van der Waals surface area (Å²) in [6, 6.07) is 5.79. The van der Waals surface area contributed by atoms with Crippen LogP contribution in [0.4, 0.5) is 9.18 Å². The molecule has 1 aromatic rings. The second-order valence-corrected chi connectivity index (χ2v) is 4.84. The molecule has 0 saturated carbocycles. The molecule has 2 atom stereocenters. The van der Waals surface area contributed by atoms with E-state index in [-0.39, 0.29) is 11.9 Å². The Morgan fingerprint density at radius 1 is 1.47 bits per heavy atom. The van der Waals surface area contributed by atoms with Crippen LogP contribution in [0.3, 0.4) is 0 Å². The molecule has 1 aliphatic heterocycles. The summed E-state index contributed by atoms with van der Waals surface area (Å²) in [4.78, 5) is 12.7. The first-order chi connectivity index (χ1) is 9.11. The molecule has 0 radical (unpaired) electrons. The second-order valence-electron chi connectivity index (χ2n) is 4.84. The maximum Gasteiger partial charge on any atom is 0.407 e. The van der Waals surface area contributed by atoms with E-state index in [2.05, 4.69) is 5.92 Å². The van der Waals surface area contributed by atoms with Crippen molar-refractivity contribution in [2.75, 3.05) is 6.54 Å². The maximum atomic E-state index is 13.0. The lowest BCUT2D eigenvalue weighted by Gasteiger charge is -2.37. The van der Waals surface area contributed by atoms with Crippen LogP contribution in [0.5, 0.6) is 0 Å². The van der Waals surface area contributed by atoms with Gasteiger partial charge in [0.1, 0.15) is 5.82 Å². The van der Waals surface area contributed by atoms with Crippen molar-refractivity contribution < 1.29 is 14.3 Å². The minimum absolute atomic E-state index is 0.231. The van der Waals surface area contributed by atoms with Gasteiger partial charge in [-0.25, -0.2) is 9.18 Å². The number of nitrogens with zero attached hydrogens (tertiary/aromatic N) is 1. The molecule has 0 bridgehead atoms. The van der Waals surface area contributed by atoms with E-state index in [0.29, 0.717) is 25.3 Å². The monoisotopic (exact) mass is 261 g/mol. The molecule has 1 N–H and O–H groups in total. The SMILES string of the molecule is C#CCC1CCN(C(=O)O)C(c2ccc(F)cc2)C1. The highest BCUT2D eigenvalue weighted by Crippen LogP contribution is 2.35. The smallest absolute Gasteiger partial charge is 0.407 e. The predicted molar refractivity (Wildman–Crippen MR) is 70.0 cm³/mol. The lowest BCUT2D eigenvalue weighted by atomic mass is 9.85. The number of halogens is 1. The summed E-state index contributed by atoms with van der Waals surface area (Å²) in [6.45, 7) is 0.476. The van der Waals surface area contributed by atoms with Crippen LogP contribution < -0.4 is 0 Å². The molecule has 19 heavy (non-hydrogen) atoms. The zero-order valence-corrected chi connectivity index (χ0v) is 10.6. The minimum Gasteiger partial charge on any atom is -0.465 e. The molecular formula is C15H16FNO2. The number of hydrogen-bond donors (Lipinski definition) is 1. The van der Waals surface area contributed by atoms with Gasteiger partial charge in [-0.15, -0.1) is 12.3 Å². The first-order valence-electron chi connectivity index (χ1n) is 6.30. The van der Waals surface area contributed by atoms with E-state index in [0.717, 1.165) is 12.0 Å². The van der Waals surface area contributed by atoms with E-state index in [9.17, 15) is 14.3 Å². The molecule has 3 nitrogen and oxygen atoms in total. The van der Waals surface area contributed by atoms with E-state index >= 15 is 0 Å². The van der Waals surface area contributed by atoms with Gasteiger partial charge in [-0.1, -0.05) is 12.1 Å². The van der Waals surface area contributed by atoms with Gasteiger partial charge < -0.3 is 10.0 Å². The molecule has 100 valence electrons. The first kappa shape index (κ1) is 13.4. The zero-order valence-electron chi connectivity index (χ0n) is 10.6. The van der Waals surface area contributed by atoms with Gasteiger partial charge in [-0.2, -0.15) is 0 Å².